The Kier molecular flexibility index (Phi) is 7.79. The van der Waals surface area contributed by atoms with Gasteiger partial charge in [-0.15, -0.1) is 0 Å². The Morgan fingerprint density at radius 2 is 1.95 bits per heavy atom. The number of amides is 2. The van der Waals surface area contributed by atoms with E-state index in [9.17, 15) is 26.8 Å². The summed E-state index contributed by atoms with van der Waals surface area (Å²) in [5, 5.41) is 6.23. The van der Waals surface area contributed by atoms with Crippen LogP contribution in [0.4, 0.5) is 25.0 Å². The Morgan fingerprint density at radius 3 is 2.51 bits per heavy atom. The third-order valence-electron chi connectivity index (χ3n) is 6.89. The van der Waals surface area contributed by atoms with E-state index < -0.39 is 39.8 Å². The van der Waals surface area contributed by atoms with Crippen LogP contribution in [0.25, 0.3) is 0 Å². The van der Waals surface area contributed by atoms with Crippen LogP contribution in [0.1, 0.15) is 52.8 Å². The molecule has 2 atom stereocenters. The monoisotopic (exact) mass is 569 g/mol. The fourth-order valence-electron chi connectivity index (χ4n) is 4.03. The van der Waals surface area contributed by atoms with Gasteiger partial charge in [0.25, 0.3) is 10.0 Å². The first kappa shape index (κ1) is 28.6. The second-order valence-electron chi connectivity index (χ2n) is 10.8. The van der Waals surface area contributed by atoms with Gasteiger partial charge in [-0.2, -0.15) is 13.9 Å². The summed E-state index contributed by atoms with van der Waals surface area (Å²) in [7, 11) is -4.42. The number of hydrogen-bond donors (Lipinski definition) is 1. The van der Waals surface area contributed by atoms with Gasteiger partial charge in [0.1, 0.15) is 22.9 Å². The smallest absolute Gasteiger partial charge is 0.411 e. The molecule has 39 heavy (non-hydrogen) atoms. The standard InChI is InChI=1S/C25H33F2N5O6S/c1-15-21(14-31(29-15)23(26)27)39(35,36)32-13-18(12-22(33)30-9-6-10-30)38-20-8-7-17(11-19(20)32)28-24(34)37-16(2)25(3,4)5/h7-8,11,14,16,18,23H,6,9-10,12-13H2,1-5H3,(H,28,34). The molecular formula is C25H33F2N5O6S. The van der Waals surface area contributed by atoms with Gasteiger partial charge in [-0.1, -0.05) is 20.8 Å². The molecule has 4 rings (SSSR count). The van der Waals surface area contributed by atoms with Crippen LogP contribution in [0, 0.1) is 12.3 Å². The molecule has 2 amide bonds. The number of alkyl halides is 2. The first-order chi connectivity index (χ1) is 18.2. The summed E-state index contributed by atoms with van der Waals surface area (Å²) in [5.41, 5.74) is -0.0903. The van der Waals surface area contributed by atoms with Crippen LogP contribution in [0.5, 0.6) is 5.75 Å². The number of nitrogens with zero attached hydrogens (tertiary/aromatic N) is 4. The van der Waals surface area contributed by atoms with Gasteiger partial charge in [-0.3, -0.25) is 14.4 Å². The van der Waals surface area contributed by atoms with E-state index in [1.165, 1.54) is 25.1 Å². The Hall–Kier alpha value is -3.42. The first-order valence-corrected chi connectivity index (χ1v) is 14.0. The number of carbonyl (C=O) groups excluding carboxylic acids is 2. The van der Waals surface area contributed by atoms with Gasteiger partial charge in [0, 0.05) is 18.8 Å². The van der Waals surface area contributed by atoms with E-state index in [1.54, 1.807) is 11.8 Å². The molecular weight excluding hydrogens is 536 g/mol. The minimum Gasteiger partial charge on any atom is -0.486 e. The molecule has 1 aromatic heterocycles. The largest absolute Gasteiger partial charge is 0.486 e. The number of carbonyl (C=O) groups is 2. The quantitative estimate of drug-likeness (QED) is 0.532. The second kappa shape index (κ2) is 10.6. The number of anilines is 2. The number of rotatable bonds is 7. The molecule has 11 nitrogen and oxygen atoms in total. The number of halogens is 2. The van der Waals surface area contributed by atoms with E-state index in [0.717, 1.165) is 16.9 Å². The molecule has 1 aromatic carbocycles. The van der Waals surface area contributed by atoms with Gasteiger partial charge in [0.2, 0.25) is 5.91 Å². The molecule has 1 N–H and O–H groups in total. The van der Waals surface area contributed by atoms with Crippen LogP contribution in [0.15, 0.2) is 29.3 Å². The van der Waals surface area contributed by atoms with Crippen molar-refractivity contribution in [2.24, 2.45) is 5.41 Å². The summed E-state index contributed by atoms with van der Waals surface area (Å²) in [4.78, 5) is 26.4. The lowest BCUT2D eigenvalue weighted by Crippen LogP contribution is -2.48. The zero-order valence-electron chi connectivity index (χ0n) is 22.5. The summed E-state index contributed by atoms with van der Waals surface area (Å²) >= 11 is 0. The average Bonchev–Trinajstić information content (AvgIpc) is 3.19. The molecule has 214 valence electrons. The minimum atomic E-state index is -4.42. The molecule has 0 aliphatic carbocycles. The normalized spacial score (nSPS) is 18.2. The third kappa shape index (κ3) is 6.10. The number of aryl methyl sites for hydroxylation is 1. The number of benzene rings is 1. The lowest BCUT2D eigenvalue weighted by Gasteiger charge is -2.37. The fraction of sp³-hybridized carbons (Fsp3) is 0.560. The number of likely N-dealkylation sites (tertiary alicyclic amines) is 1. The van der Waals surface area contributed by atoms with Crippen molar-refractivity contribution in [1.82, 2.24) is 14.7 Å². The van der Waals surface area contributed by atoms with Crippen molar-refractivity contribution in [2.75, 3.05) is 29.3 Å². The fourth-order valence-corrected chi connectivity index (χ4v) is 5.69. The summed E-state index contributed by atoms with van der Waals surface area (Å²) in [6.07, 6.45) is -0.330. The number of fused-ring (bicyclic) bond motifs is 1. The van der Waals surface area contributed by atoms with E-state index >= 15 is 0 Å². The molecule has 0 saturated carbocycles. The Bertz CT molecular complexity index is 1350. The van der Waals surface area contributed by atoms with E-state index in [0.29, 0.717) is 13.1 Å². The number of nitrogens with one attached hydrogen (secondary N) is 1. The van der Waals surface area contributed by atoms with Gasteiger partial charge in [-0.05, 0) is 43.9 Å². The maximum absolute atomic E-state index is 13.8. The van der Waals surface area contributed by atoms with Crippen molar-refractivity contribution in [3.05, 3.63) is 30.1 Å². The molecule has 0 spiro atoms. The van der Waals surface area contributed by atoms with E-state index in [2.05, 4.69) is 10.4 Å². The lowest BCUT2D eigenvalue weighted by molar-refractivity contribution is -0.136. The second-order valence-corrected chi connectivity index (χ2v) is 12.6. The molecule has 0 bridgehead atoms. The highest BCUT2D eigenvalue weighted by atomic mass is 32.2. The summed E-state index contributed by atoms with van der Waals surface area (Å²) in [6, 6.07) is 4.40. The predicted molar refractivity (Wildman–Crippen MR) is 138 cm³/mol. The predicted octanol–water partition coefficient (Wildman–Crippen LogP) is 4.15. The molecule has 1 fully saturated rings. The zero-order chi connectivity index (χ0) is 28.7. The van der Waals surface area contributed by atoms with Crippen LogP contribution in [0.2, 0.25) is 0 Å². The lowest BCUT2D eigenvalue weighted by atomic mass is 9.90. The summed E-state index contributed by atoms with van der Waals surface area (Å²) < 4.78 is 66.8. The third-order valence-corrected chi connectivity index (χ3v) is 8.77. The minimum absolute atomic E-state index is 0.0578. The average molecular weight is 570 g/mol. The molecule has 2 aromatic rings. The van der Waals surface area contributed by atoms with Crippen LogP contribution < -0.4 is 14.4 Å². The number of aromatic nitrogens is 2. The van der Waals surface area contributed by atoms with Crippen molar-refractivity contribution in [1.29, 1.82) is 0 Å². The van der Waals surface area contributed by atoms with Crippen molar-refractivity contribution in [3.63, 3.8) is 0 Å². The van der Waals surface area contributed by atoms with E-state index in [1.807, 2.05) is 20.8 Å². The molecule has 0 radical (unpaired) electrons. The maximum Gasteiger partial charge on any atom is 0.411 e. The van der Waals surface area contributed by atoms with Crippen molar-refractivity contribution in [2.45, 2.75) is 71.1 Å². The molecule has 2 aliphatic heterocycles. The highest BCUT2D eigenvalue weighted by molar-refractivity contribution is 7.92. The van der Waals surface area contributed by atoms with Gasteiger partial charge in [0.15, 0.2) is 0 Å². The van der Waals surface area contributed by atoms with Gasteiger partial charge in [0.05, 0.1) is 30.5 Å². The molecule has 3 heterocycles. The topological polar surface area (TPSA) is 123 Å². The number of sulfonamides is 1. The summed E-state index contributed by atoms with van der Waals surface area (Å²) in [5.74, 6) is -0.00475. The van der Waals surface area contributed by atoms with Crippen molar-refractivity contribution < 1.29 is 36.3 Å². The first-order valence-electron chi connectivity index (χ1n) is 12.6. The SMILES string of the molecule is Cc1nn(C(F)F)cc1S(=O)(=O)N1CC(CC(=O)N2CCC2)Oc2ccc(NC(=O)OC(C)C(C)(C)C)cc21. The summed E-state index contributed by atoms with van der Waals surface area (Å²) in [6.45, 7) is 6.85. The Balaban J connectivity index is 1.66. The molecule has 1 saturated heterocycles. The molecule has 2 aliphatic rings. The Labute approximate surface area is 226 Å². The van der Waals surface area contributed by atoms with E-state index in [4.69, 9.17) is 9.47 Å². The molecule has 14 heteroatoms. The van der Waals surface area contributed by atoms with Gasteiger partial charge in [-0.25, -0.2) is 17.9 Å². The Morgan fingerprint density at radius 1 is 1.26 bits per heavy atom. The van der Waals surface area contributed by atoms with Crippen LogP contribution in [-0.2, 0) is 19.6 Å². The zero-order valence-corrected chi connectivity index (χ0v) is 23.3. The van der Waals surface area contributed by atoms with Crippen molar-refractivity contribution >= 4 is 33.4 Å². The number of hydrogen-bond acceptors (Lipinski definition) is 7. The molecule has 2 unspecified atom stereocenters. The van der Waals surface area contributed by atoms with E-state index in [-0.39, 0.29) is 51.8 Å². The highest BCUT2D eigenvalue weighted by Gasteiger charge is 2.38. The van der Waals surface area contributed by atoms with Crippen LogP contribution >= 0.6 is 0 Å². The highest BCUT2D eigenvalue weighted by Crippen LogP contribution is 2.40. The van der Waals surface area contributed by atoms with Crippen LogP contribution in [0.3, 0.4) is 0 Å². The van der Waals surface area contributed by atoms with Gasteiger partial charge < -0.3 is 14.4 Å². The number of ether oxygens (including phenoxy) is 2. The van der Waals surface area contributed by atoms with Crippen molar-refractivity contribution in [3.8, 4) is 5.75 Å². The maximum atomic E-state index is 13.8. The van der Waals surface area contributed by atoms with Crippen LogP contribution in [-0.4, -0.2) is 66.9 Å². The van der Waals surface area contributed by atoms with Gasteiger partial charge >= 0.3 is 12.6 Å².